The van der Waals surface area contributed by atoms with Gasteiger partial charge in [-0.05, 0) is 18.4 Å². The molecule has 5 heteroatoms. The molecule has 1 aromatic heterocycles. The lowest BCUT2D eigenvalue weighted by Crippen LogP contribution is -2.08. The second-order valence-corrected chi connectivity index (χ2v) is 4.38. The normalized spacial score (nSPS) is 10.8. The van der Waals surface area contributed by atoms with Crippen LogP contribution in [-0.2, 0) is 24.2 Å². The molecule has 2 rings (SSSR count). The number of nitrogens with zero attached hydrogens (tertiary/aromatic N) is 3. The van der Waals surface area contributed by atoms with Gasteiger partial charge in [-0.1, -0.05) is 35.5 Å². The average Bonchev–Trinajstić information content (AvgIpc) is 2.92. The molecule has 2 N–H and O–H groups in total. The quantitative estimate of drug-likeness (QED) is 0.728. The fourth-order valence-electron chi connectivity index (χ4n) is 1.82. The molecule has 0 saturated carbocycles. The zero-order chi connectivity index (χ0) is 13.3. The molecule has 19 heavy (non-hydrogen) atoms. The number of benzene rings is 1. The molecule has 1 heterocycles. The number of aromatic nitrogens is 3. The molecule has 2 aromatic rings. The Bertz CT molecular complexity index is 469. The van der Waals surface area contributed by atoms with E-state index in [0.29, 0.717) is 13.2 Å². The van der Waals surface area contributed by atoms with Gasteiger partial charge >= 0.3 is 0 Å². The van der Waals surface area contributed by atoms with Crippen LogP contribution in [0.1, 0.15) is 17.7 Å². The van der Waals surface area contributed by atoms with E-state index in [1.54, 1.807) is 4.68 Å². The first-order valence-electron chi connectivity index (χ1n) is 6.59. The number of aryl methyl sites for hydroxylation is 1. The maximum Gasteiger partial charge on any atom is 0.0962 e. The minimum atomic E-state index is 0.429. The van der Waals surface area contributed by atoms with Crippen molar-refractivity contribution in [2.75, 3.05) is 13.2 Å². The van der Waals surface area contributed by atoms with Crippen molar-refractivity contribution >= 4 is 0 Å². The molecule has 102 valence electrons. The summed E-state index contributed by atoms with van der Waals surface area (Å²) in [5.41, 5.74) is 7.63. The molecular formula is C14H20N4O. The molecular weight excluding hydrogens is 240 g/mol. The SMILES string of the molecule is NCc1cn(CCOCCCc2ccccc2)nn1. The van der Waals surface area contributed by atoms with Gasteiger partial charge in [0.15, 0.2) is 0 Å². The van der Waals surface area contributed by atoms with E-state index >= 15 is 0 Å². The molecule has 0 spiro atoms. The molecule has 0 radical (unpaired) electrons. The third-order valence-electron chi connectivity index (χ3n) is 2.86. The van der Waals surface area contributed by atoms with Crippen LogP contribution < -0.4 is 5.73 Å². The summed E-state index contributed by atoms with van der Waals surface area (Å²) in [6, 6.07) is 10.5. The molecule has 0 fully saturated rings. The van der Waals surface area contributed by atoms with Crippen LogP contribution in [0.4, 0.5) is 0 Å². The van der Waals surface area contributed by atoms with Gasteiger partial charge in [-0.15, -0.1) is 5.10 Å². The standard InChI is InChI=1S/C14H20N4O/c15-11-14-12-18(17-16-14)8-10-19-9-4-7-13-5-2-1-3-6-13/h1-3,5-6,12H,4,7-11,15H2. The van der Waals surface area contributed by atoms with Crippen LogP contribution in [0.25, 0.3) is 0 Å². The van der Waals surface area contributed by atoms with Crippen LogP contribution in [0.2, 0.25) is 0 Å². The lowest BCUT2D eigenvalue weighted by atomic mass is 10.1. The lowest BCUT2D eigenvalue weighted by molar-refractivity contribution is 0.121. The Kier molecular flexibility index (Phi) is 5.52. The van der Waals surface area contributed by atoms with Crippen molar-refractivity contribution in [2.24, 2.45) is 5.73 Å². The highest BCUT2D eigenvalue weighted by molar-refractivity contribution is 5.14. The Balaban J connectivity index is 1.55. The zero-order valence-electron chi connectivity index (χ0n) is 11.0. The van der Waals surface area contributed by atoms with Gasteiger partial charge in [0.25, 0.3) is 0 Å². The van der Waals surface area contributed by atoms with Gasteiger partial charge in [0.05, 0.1) is 18.8 Å². The number of hydrogen-bond donors (Lipinski definition) is 1. The predicted molar refractivity (Wildman–Crippen MR) is 73.5 cm³/mol. The first-order valence-corrected chi connectivity index (χ1v) is 6.59. The molecule has 0 aliphatic heterocycles. The Morgan fingerprint density at radius 3 is 2.74 bits per heavy atom. The van der Waals surface area contributed by atoms with Crippen LogP contribution in [0.15, 0.2) is 36.5 Å². The number of nitrogens with two attached hydrogens (primary N) is 1. The Morgan fingerprint density at radius 1 is 1.16 bits per heavy atom. The minimum absolute atomic E-state index is 0.429. The molecule has 0 saturated heterocycles. The number of hydrogen-bond acceptors (Lipinski definition) is 4. The van der Waals surface area contributed by atoms with Crippen molar-refractivity contribution in [3.63, 3.8) is 0 Å². The summed E-state index contributed by atoms with van der Waals surface area (Å²) < 4.78 is 7.35. The smallest absolute Gasteiger partial charge is 0.0962 e. The minimum Gasteiger partial charge on any atom is -0.380 e. The maximum absolute atomic E-state index is 5.58. The Morgan fingerprint density at radius 2 is 2.00 bits per heavy atom. The third kappa shape index (κ3) is 4.81. The summed E-state index contributed by atoms with van der Waals surface area (Å²) in [5, 5.41) is 7.88. The largest absolute Gasteiger partial charge is 0.380 e. The highest BCUT2D eigenvalue weighted by atomic mass is 16.5. The Labute approximate surface area is 113 Å². The second kappa shape index (κ2) is 7.66. The van der Waals surface area contributed by atoms with Crippen LogP contribution in [0, 0.1) is 0 Å². The van der Waals surface area contributed by atoms with Gasteiger partial charge in [-0.25, -0.2) is 4.68 Å². The average molecular weight is 260 g/mol. The molecule has 0 bridgehead atoms. The fraction of sp³-hybridized carbons (Fsp3) is 0.429. The van der Waals surface area contributed by atoms with Gasteiger partial charge in [0.2, 0.25) is 0 Å². The van der Waals surface area contributed by atoms with Crippen molar-refractivity contribution in [2.45, 2.75) is 25.9 Å². The van der Waals surface area contributed by atoms with Gasteiger partial charge in [0.1, 0.15) is 0 Å². The van der Waals surface area contributed by atoms with Crippen molar-refractivity contribution in [3.05, 3.63) is 47.8 Å². The summed E-state index contributed by atoms with van der Waals surface area (Å²) >= 11 is 0. The maximum atomic E-state index is 5.58. The van der Waals surface area contributed by atoms with E-state index in [9.17, 15) is 0 Å². The predicted octanol–water partition coefficient (Wildman–Crippen LogP) is 1.39. The molecule has 0 aliphatic rings. The Hall–Kier alpha value is -1.72. The van der Waals surface area contributed by atoms with E-state index in [0.717, 1.165) is 31.7 Å². The number of ether oxygens (including phenoxy) is 1. The van der Waals surface area contributed by atoms with E-state index < -0.39 is 0 Å². The fourth-order valence-corrected chi connectivity index (χ4v) is 1.82. The van der Waals surface area contributed by atoms with E-state index in [2.05, 4.69) is 34.6 Å². The summed E-state index contributed by atoms with van der Waals surface area (Å²) in [5.74, 6) is 0. The zero-order valence-corrected chi connectivity index (χ0v) is 11.0. The van der Waals surface area contributed by atoms with Crippen LogP contribution in [-0.4, -0.2) is 28.2 Å². The lowest BCUT2D eigenvalue weighted by Gasteiger charge is -2.04. The van der Waals surface area contributed by atoms with Crippen LogP contribution in [0.5, 0.6) is 0 Å². The molecule has 0 unspecified atom stereocenters. The monoisotopic (exact) mass is 260 g/mol. The van der Waals surface area contributed by atoms with E-state index in [-0.39, 0.29) is 0 Å². The highest BCUT2D eigenvalue weighted by Crippen LogP contribution is 2.02. The van der Waals surface area contributed by atoms with Crippen LogP contribution in [0.3, 0.4) is 0 Å². The molecule has 0 aliphatic carbocycles. The molecule has 0 atom stereocenters. The van der Waals surface area contributed by atoms with Gasteiger partial charge in [-0.2, -0.15) is 0 Å². The molecule has 0 amide bonds. The first-order chi connectivity index (χ1) is 9.38. The molecule has 1 aromatic carbocycles. The summed E-state index contributed by atoms with van der Waals surface area (Å²) in [7, 11) is 0. The van der Waals surface area contributed by atoms with E-state index in [1.807, 2.05) is 12.3 Å². The van der Waals surface area contributed by atoms with Crippen molar-refractivity contribution in [1.29, 1.82) is 0 Å². The van der Waals surface area contributed by atoms with Gasteiger partial charge in [0, 0.05) is 19.3 Å². The third-order valence-corrected chi connectivity index (χ3v) is 2.86. The van der Waals surface area contributed by atoms with E-state index in [4.69, 9.17) is 10.5 Å². The summed E-state index contributed by atoms with van der Waals surface area (Å²) in [6.45, 7) is 2.58. The van der Waals surface area contributed by atoms with Gasteiger partial charge in [-0.3, -0.25) is 0 Å². The van der Waals surface area contributed by atoms with Crippen molar-refractivity contribution in [1.82, 2.24) is 15.0 Å². The number of rotatable bonds is 8. The van der Waals surface area contributed by atoms with Crippen molar-refractivity contribution < 1.29 is 4.74 Å². The summed E-state index contributed by atoms with van der Waals surface area (Å²) in [6.07, 6.45) is 3.95. The summed E-state index contributed by atoms with van der Waals surface area (Å²) in [4.78, 5) is 0. The van der Waals surface area contributed by atoms with E-state index in [1.165, 1.54) is 5.56 Å². The molecule has 5 nitrogen and oxygen atoms in total. The topological polar surface area (TPSA) is 66.0 Å². The second-order valence-electron chi connectivity index (χ2n) is 4.38. The first kappa shape index (κ1) is 13.7. The van der Waals surface area contributed by atoms with Crippen LogP contribution >= 0.6 is 0 Å². The highest BCUT2D eigenvalue weighted by Gasteiger charge is 1.98. The van der Waals surface area contributed by atoms with Gasteiger partial charge < -0.3 is 10.5 Å². The van der Waals surface area contributed by atoms with Crippen molar-refractivity contribution in [3.8, 4) is 0 Å².